The molecule has 0 radical (unpaired) electrons. The summed E-state index contributed by atoms with van der Waals surface area (Å²) in [5, 5.41) is 6.54. The third kappa shape index (κ3) is 5.31. The van der Waals surface area contributed by atoms with Gasteiger partial charge in [-0.3, -0.25) is 9.59 Å². The van der Waals surface area contributed by atoms with Crippen LogP contribution >= 0.6 is 0 Å². The second kappa shape index (κ2) is 8.57. The molecule has 0 spiro atoms. The molecule has 2 aromatic carbocycles. The molecule has 2 amide bonds. The average Bonchev–Trinajstić information content (AvgIpc) is 2.55. The molecule has 2 rings (SSSR count). The predicted molar refractivity (Wildman–Crippen MR) is 91.4 cm³/mol. The number of benzene rings is 2. The highest BCUT2D eigenvalue weighted by Crippen LogP contribution is 2.10. The van der Waals surface area contributed by atoms with Gasteiger partial charge in [-0.2, -0.15) is 5.10 Å². The van der Waals surface area contributed by atoms with Crippen LogP contribution in [0, 0.1) is 5.82 Å². The van der Waals surface area contributed by atoms with Gasteiger partial charge in [0.1, 0.15) is 5.82 Å². The summed E-state index contributed by atoms with van der Waals surface area (Å²) < 4.78 is 13.0. The molecular weight excluding hydrogens is 309 g/mol. The molecule has 0 heterocycles. The predicted octanol–water partition coefficient (Wildman–Crippen LogP) is 3.33. The maximum Gasteiger partial charge on any atom is 0.271 e. The summed E-state index contributed by atoms with van der Waals surface area (Å²) in [6.45, 7) is 1.93. The van der Waals surface area contributed by atoms with E-state index in [2.05, 4.69) is 15.8 Å². The number of hydrogen-bond acceptors (Lipinski definition) is 3. The Bertz CT molecular complexity index is 742. The van der Waals surface area contributed by atoms with E-state index in [0.717, 1.165) is 6.42 Å². The monoisotopic (exact) mass is 327 g/mol. The van der Waals surface area contributed by atoms with Crippen LogP contribution in [0.2, 0.25) is 0 Å². The molecule has 5 nitrogen and oxygen atoms in total. The quantitative estimate of drug-likeness (QED) is 0.631. The van der Waals surface area contributed by atoms with Crippen molar-refractivity contribution in [3.8, 4) is 0 Å². The molecule has 0 saturated heterocycles. The van der Waals surface area contributed by atoms with Gasteiger partial charge in [0.15, 0.2) is 0 Å². The molecule has 0 saturated carbocycles. The molecule has 124 valence electrons. The van der Waals surface area contributed by atoms with Gasteiger partial charge in [0, 0.05) is 17.7 Å². The summed E-state index contributed by atoms with van der Waals surface area (Å²) in [6, 6.07) is 12.4. The molecule has 2 N–H and O–H groups in total. The van der Waals surface area contributed by atoms with Crippen LogP contribution in [-0.2, 0) is 4.79 Å². The van der Waals surface area contributed by atoms with E-state index in [-0.39, 0.29) is 11.7 Å². The van der Waals surface area contributed by atoms with E-state index in [1.165, 1.54) is 18.3 Å². The van der Waals surface area contributed by atoms with Gasteiger partial charge in [0.05, 0.1) is 6.21 Å². The molecular formula is C18H18FN3O2. The maximum absolute atomic E-state index is 13.0. The van der Waals surface area contributed by atoms with E-state index in [9.17, 15) is 14.0 Å². The molecule has 0 fully saturated rings. The number of amides is 2. The van der Waals surface area contributed by atoms with Crippen molar-refractivity contribution >= 4 is 23.7 Å². The van der Waals surface area contributed by atoms with Gasteiger partial charge in [-0.05, 0) is 48.4 Å². The summed E-state index contributed by atoms with van der Waals surface area (Å²) in [4.78, 5) is 23.4. The van der Waals surface area contributed by atoms with Crippen molar-refractivity contribution in [3.05, 3.63) is 65.5 Å². The van der Waals surface area contributed by atoms with Crippen LogP contribution in [0.15, 0.2) is 53.6 Å². The fourth-order valence-corrected chi connectivity index (χ4v) is 1.97. The van der Waals surface area contributed by atoms with Crippen LogP contribution in [0.5, 0.6) is 0 Å². The third-order valence-corrected chi connectivity index (χ3v) is 3.14. The van der Waals surface area contributed by atoms with Crippen molar-refractivity contribution in [2.75, 3.05) is 5.32 Å². The average molecular weight is 327 g/mol. The highest BCUT2D eigenvalue weighted by molar-refractivity contribution is 5.96. The van der Waals surface area contributed by atoms with Crippen LogP contribution in [0.3, 0.4) is 0 Å². The molecule has 0 bridgehead atoms. The first-order chi connectivity index (χ1) is 11.6. The van der Waals surface area contributed by atoms with E-state index in [1.54, 1.807) is 36.4 Å². The van der Waals surface area contributed by atoms with Crippen molar-refractivity contribution in [1.29, 1.82) is 0 Å². The van der Waals surface area contributed by atoms with Crippen molar-refractivity contribution in [2.24, 2.45) is 5.10 Å². The van der Waals surface area contributed by atoms with Crippen LogP contribution in [0.1, 0.15) is 35.7 Å². The van der Waals surface area contributed by atoms with E-state index < -0.39 is 5.91 Å². The van der Waals surface area contributed by atoms with Crippen LogP contribution in [-0.4, -0.2) is 18.0 Å². The Kier molecular flexibility index (Phi) is 6.19. The van der Waals surface area contributed by atoms with Crippen molar-refractivity contribution < 1.29 is 14.0 Å². The lowest BCUT2D eigenvalue weighted by molar-refractivity contribution is -0.116. The Morgan fingerprint density at radius 3 is 2.58 bits per heavy atom. The number of halogens is 1. The molecule has 0 unspecified atom stereocenters. The van der Waals surface area contributed by atoms with Crippen molar-refractivity contribution in [1.82, 2.24) is 5.43 Å². The van der Waals surface area contributed by atoms with Gasteiger partial charge in [-0.1, -0.05) is 19.1 Å². The second-order valence-electron chi connectivity index (χ2n) is 5.13. The first-order valence-electron chi connectivity index (χ1n) is 7.57. The van der Waals surface area contributed by atoms with Gasteiger partial charge in [0.2, 0.25) is 5.91 Å². The summed E-state index contributed by atoms with van der Waals surface area (Å²) in [6.07, 6.45) is 2.59. The number of hydrogen-bond donors (Lipinski definition) is 2. The molecule has 0 aliphatic rings. The zero-order valence-electron chi connectivity index (χ0n) is 13.3. The van der Waals surface area contributed by atoms with Crippen molar-refractivity contribution in [3.63, 3.8) is 0 Å². The smallest absolute Gasteiger partial charge is 0.271 e. The molecule has 0 atom stereocenters. The minimum atomic E-state index is -0.394. The summed E-state index contributed by atoms with van der Waals surface area (Å²) in [7, 11) is 0. The normalized spacial score (nSPS) is 10.6. The zero-order valence-corrected chi connectivity index (χ0v) is 13.3. The zero-order chi connectivity index (χ0) is 17.4. The van der Waals surface area contributed by atoms with E-state index in [1.807, 2.05) is 6.92 Å². The van der Waals surface area contributed by atoms with E-state index in [4.69, 9.17) is 0 Å². The summed E-state index contributed by atoms with van der Waals surface area (Å²) >= 11 is 0. The largest absolute Gasteiger partial charge is 0.326 e. The van der Waals surface area contributed by atoms with Gasteiger partial charge in [0.25, 0.3) is 5.91 Å². The molecule has 0 aliphatic heterocycles. The van der Waals surface area contributed by atoms with Gasteiger partial charge >= 0.3 is 0 Å². The van der Waals surface area contributed by atoms with Gasteiger partial charge in [-0.15, -0.1) is 0 Å². The third-order valence-electron chi connectivity index (χ3n) is 3.14. The fraction of sp³-hybridized carbons (Fsp3) is 0.167. The van der Waals surface area contributed by atoms with Crippen LogP contribution in [0.25, 0.3) is 0 Å². The topological polar surface area (TPSA) is 70.6 Å². The SMILES string of the molecule is CCCC(=O)Nc1ccc(C(=O)NN=Cc2cccc(F)c2)cc1. The number of anilines is 1. The Morgan fingerprint density at radius 1 is 1.17 bits per heavy atom. The lowest BCUT2D eigenvalue weighted by Crippen LogP contribution is -2.17. The summed E-state index contributed by atoms with van der Waals surface area (Å²) in [5.74, 6) is -0.825. The number of carbonyl (C=O) groups is 2. The number of nitrogens with zero attached hydrogens (tertiary/aromatic N) is 1. The first-order valence-corrected chi connectivity index (χ1v) is 7.57. The van der Waals surface area contributed by atoms with E-state index in [0.29, 0.717) is 23.2 Å². The highest BCUT2D eigenvalue weighted by atomic mass is 19.1. The van der Waals surface area contributed by atoms with E-state index >= 15 is 0 Å². The maximum atomic E-state index is 13.0. The lowest BCUT2D eigenvalue weighted by atomic mass is 10.2. The Hall–Kier alpha value is -3.02. The first kappa shape index (κ1) is 17.3. The number of carbonyl (C=O) groups excluding carboxylic acids is 2. The van der Waals surface area contributed by atoms with Gasteiger partial charge in [-0.25, -0.2) is 9.82 Å². The Labute approximate surface area is 139 Å². The molecule has 6 heteroatoms. The fourth-order valence-electron chi connectivity index (χ4n) is 1.97. The summed E-state index contributed by atoms with van der Waals surface area (Å²) in [5.41, 5.74) is 3.95. The van der Waals surface area contributed by atoms with Crippen molar-refractivity contribution in [2.45, 2.75) is 19.8 Å². The van der Waals surface area contributed by atoms with Crippen LogP contribution in [0.4, 0.5) is 10.1 Å². The minimum absolute atomic E-state index is 0.0607. The Balaban J connectivity index is 1.91. The lowest BCUT2D eigenvalue weighted by Gasteiger charge is -2.05. The number of hydrazone groups is 1. The molecule has 2 aromatic rings. The van der Waals surface area contributed by atoms with Crippen LogP contribution < -0.4 is 10.7 Å². The number of rotatable bonds is 6. The Morgan fingerprint density at radius 2 is 1.92 bits per heavy atom. The minimum Gasteiger partial charge on any atom is -0.326 e. The standard InChI is InChI=1S/C18H18FN3O2/c1-2-4-17(23)21-16-9-7-14(8-10-16)18(24)22-20-12-13-5-3-6-15(19)11-13/h3,5-12H,2,4H2,1H3,(H,21,23)(H,22,24). The molecule has 0 aromatic heterocycles. The second-order valence-corrected chi connectivity index (χ2v) is 5.13. The molecule has 0 aliphatic carbocycles. The highest BCUT2D eigenvalue weighted by Gasteiger charge is 2.05. The van der Waals surface area contributed by atoms with Gasteiger partial charge < -0.3 is 5.32 Å². The molecule has 24 heavy (non-hydrogen) atoms. The number of nitrogens with one attached hydrogen (secondary N) is 2.